The van der Waals surface area contributed by atoms with Gasteiger partial charge in [-0.15, -0.1) is 0 Å². The van der Waals surface area contributed by atoms with Crippen LogP contribution in [0.1, 0.15) is 19.2 Å². The molecule has 2 N–H and O–H groups in total. The molecule has 0 radical (unpaired) electrons. The van der Waals surface area contributed by atoms with Gasteiger partial charge in [0.2, 0.25) is 0 Å². The van der Waals surface area contributed by atoms with Crippen molar-refractivity contribution in [2.75, 3.05) is 6.26 Å². The fraction of sp³-hybridized carbons (Fsp3) is 0.462. The Morgan fingerprint density at radius 2 is 2.11 bits per heavy atom. The van der Waals surface area contributed by atoms with Gasteiger partial charge in [0, 0.05) is 25.8 Å². The molecule has 19 heavy (non-hydrogen) atoms. The first kappa shape index (κ1) is 14.0. The van der Waals surface area contributed by atoms with E-state index in [0.29, 0.717) is 16.8 Å². The van der Waals surface area contributed by atoms with E-state index in [1.54, 1.807) is 18.2 Å². The van der Waals surface area contributed by atoms with Crippen molar-refractivity contribution >= 4 is 20.9 Å². The highest BCUT2D eigenvalue weighted by Gasteiger charge is 2.14. The molecule has 0 saturated heterocycles. The van der Waals surface area contributed by atoms with E-state index in [1.165, 1.54) is 6.26 Å². The molecule has 6 heteroatoms. The third-order valence-electron chi connectivity index (χ3n) is 3.34. The van der Waals surface area contributed by atoms with Crippen LogP contribution in [0, 0.1) is 0 Å². The molecule has 104 valence electrons. The molecule has 0 aliphatic rings. The van der Waals surface area contributed by atoms with Gasteiger partial charge in [0.25, 0.3) is 0 Å². The zero-order chi connectivity index (χ0) is 14.2. The first-order chi connectivity index (χ1) is 8.82. The summed E-state index contributed by atoms with van der Waals surface area (Å²) in [4.78, 5) is 4.79. The second-order valence-electron chi connectivity index (χ2n) is 4.88. The van der Waals surface area contributed by atoms with Crippen LogP contribution in [0.15, 0.2) is 23.1 Å². The smallest absolute Gasteiger partial charge is 0.175 e. The number of sulfone groups is 1. The summed E-state index contributed by atoms with van der Waals surface area (Å²) >= 11 is 0. The molecule has 0 amide bonds. The molecule has 1 heterocycles. The molecule has 0 fully saturated rings. The van der Waals surface area contributed by atoms with E-state index in [9.17, 15) is 8.42 Å². The first-order valence-electron chi connectivity index (χ1n) is 6.24. The van der Waals surface area contributed by atoms with Crippen LogP contribution in [0.25, 0.3) is 11.0 Å². The molecule has 0 bridgehead atoms. The van der Waals surface area contributed by atoms with Crippen molar-refractivity contribution < 1.29 is 8.42 Å². The maximum atomic E-state index is 11.5. The average Bonchev–Trinajstić information content (AvgIpc) is 2.64. The van der Waals surface area contributed by atoms with Gasteiger partial charge in [0.1, 0.15) is 5.82 Å². The SMILES string of the molecule is CCC(N)Cc1nc2cc(S(C)(=O)=O)ccc2n1C. The number of nitrogens with two attached hydrogens (primary N) is 1. The minimum Gasteiger partial charge on any atom is -0.331 e. The van der Waals surface area contributed by atoms with Crippen LogP contribution in [0.4, 0.5) is 0 Å². The van der Waals surface area contributed by atoms with Crippen molar-refractivity contribution in [2.24, 2.45) is 12.8 Å². The third-order valence-corrected chi connectivity index (χ3v) is 4.45. The van der Waals surface area contributed by atoms with Crippen molar-refractivity contribution in [3.8, 4) is 0 Å². The Morgan fingerprint density at radius 1 is 1.42 bits per heavy atom. The van der Waals surface area contributed by atoms with Gasteiger partial charge in [-0.2, -0.15) is 0 Å². The topological polar surface area (TPSA) is 78.0 Å². The molecule has 1 aromatic heterocycles. The highest BCUT2D eigenvalue weighted by atomic mass is 32.2. The Balaban J connectivity index is 2.51. The van der Waals surface area contributed by atoms with Gasteiger partial charge in [-0.1, -0.05) is 6.92 Å². The Morgan fingerprint density at radius 3 is 2.68 bits per heavy atom. The standard InChI is InChI=1S/C13H19N3O2S/c1-4-9(14)7-13-15-11-8-10(19(3,17)18)5-6-12(11)16(13)2/h5-6,8-9H,4,7,14H2,1-3H3. The lowest BCUT2D eigenvalue weighted by Gasteiger charge is -2.07. The van der Waals surface area contributed by atoms with E-state index in [0.717, 1.165) is 17.8 Å². The van der Waals surface area contributed by atoms with Gasteiger partial charge >= 0.3 is 0 Å². The van der Waals surface area contributed by atoms with Crippen LogP contribution >= 0.6 is 0 Å². The number of nitrogens with zero attached hydrogens (tertiary/aromatic N) is 2. The molecule has 2 aromatic rings. The largest absolute Gasteiger partial charge is 0.331 e. The van der Waals surface area contributed by atoms with Gasteiger partial charge in [-0.05, 0) is 24.6 Å². The Kier molecular flexibility index (Phi) is 3.64. The number of rotatable bonds is 4. The Labute approximate surface area is 113 Å². The Bertz CT molecular complexity index is 704. The predicted molar refractivity (Wildman–Crippen MR) is 75.8 cm³/mol. The number of aryl methyl sites for hydroxylation is 1. The van der Waals surface area contributed by atoms with Crippen molar-refractivity contribution in [3.05, 3.63) is 24.0 Å². The number of imidazole rings is 1. The molecule has 1 atom stereocenters. The van der Waals surface area contributed by atoms with E-state index in [4.69, 9.17) is 5.73 Å². The van der Waals surface area contributed by atoms with Gasteiger partial charge < -0.3 is 10.3 Å². The maximum Gasteiger partial charge on any atom is 0.175 e. The fourth-order valence-corrected chi connectivity index (χ4v) is 2.66. The zero-order valence-electron chi connectivity index (χ0n) is 11.4. The van der Waals surface area contributed by atoms with E-state index >= 15 is 0 Å². The molecule has 0 aliphatic carbocycles. The molecule has 0 aliphatic heterocycles. The molecule has 0 saturated carbocycles. The van der Waals surface area contributed by atoms with Crippen LogP contribution in [0.2, 0.25) is 0 Å². The predicted octanol–water partition coefficient (Wildman–Crippen LogP) is 1.26. The number of fused-ring (bicyclic) bond motifs is 1. The second kappa shape index (κ2) is 4.94. The monoisotopic (exact) mass is 281 g/mol. The molecule has 1 aromatic carbocycles. The van der Waals surface area contributed by atoms with Crippen molar-refractivity contribution in [3.63, 3.8) is 0 Å². The van der Waals surface area contributed by atoms with Crippen molar-refractivity contribution in [2.45, 2.75) is 30.7 Å². The van der Waals surface area contributed by atoms with E-state index in [-0.39, 0.29) is 6.04 Å². The normalized spacial score (nSPS) is 13.9. The van der Waals surface area contributed by atoms with E-state index in [1.807, 2.05) is 18.5 Å². The summed E-state index contributed by atoms with van der Waals surface area (Å²) in [7, 11) is -1.28. The molecular formula is C13H19N3O2S. The summed E-state index contributed by atoms with van der Waals surface area (Å²) in [6.45, 7) is 2.04. The van der Waals surface area contributed by atoms with Crippen LogP contribution in [-0.4, -0.2) is 30.3 Å². The zero-order valence-corrected chi connectivity index (χ0v) is 12.2. The summed E-state index contributed by atoms with van der Waals surface area (Å²) in [5.41, 5.74) is 7.57. The highest BCUT2D eigenvalue weighted by Crippen LogP contribution is 2.20. The highest BCUT2D eigenvalue weighted by molar-refractivity contribution is 7.90. The lowest BCUT2D eigenvalue weighted by molar-refractivity contribution is 0.602. The maximum absolute atomic E-state index is 11.5. The molecule has 2 rings (SSSR count). The van der Waals surface area contributed by atoms with Crippen LogP contribution in [0.3, 0.4) is 0 Å². The summed E-state index contributed by atoms with van der Waals surface area (Å²) in [5.74, 6) is 0.884. The second-order valence-corrected chi connectivity index (χ2v) is 6.90. The fourth-order valence-electron chi connectivity index (χ4n) is 2.02. The first-order valence-corrected chi connectivity index (χ1v) is 8.13. The van der Waals surface area contributed by atoms with Crippen LogP contribution in [0.5, 0.6) is 0 Å². The van der Waals surface area contributed by atoms with Gasteiger partial charge in [0.15, 0.2) is 9.84 Å². The minimum atomic E-state index is -3.20. The lowest BCUT2D eigenvalue weighted by atomic mass is 10.1. The Hall–Kier alpha value is -1.40. The average molecular weight is 281 g/mol. The summed E-state index contributed by atoms with van der Waals surface area (Å²) in [5, 5.41) is 0. The van der Waals surface area contributed by atoms with Gasteiger partial charge in [0.05, 0.1) is 15.9 Å². The third kappa shape index (κ3) is 2.79. The van der Waals surface area contributed by atoms with Crippen LogP contribution in [-0.2, 0) is 23.3 Å². The minimum absolute atomic E-state index is 0.0740. The number of benzene rings is 1. The van der Waals surface area contributed by atoms with Crippen molar-refractivity contribution in [1.82, 2.24) is 9.55 Å². The number of aromatic nitrogens is 2. The summed E-state index contributed by atoms with van der Waals surface area (Å²) in [6, 6.07) is 5.10. The lowest BCUT2D eigenvalue weighted by Crippen LogP contribution is -2.23. The molecule has 0 spiro atoms. The quantitative estimate of drug-likeness (QED) is 0.915. The van der Waals surface area contributed by atoms with Crippen LogP contribution < -0.4 is 5.73 Å². The summed E-state index contributed by atoms with van der Waals surface area (Å²) < 4.78 is 25.0. The molecule has 5 nitrogen and oxygen atoms in total. The van der Waals surface area contributed by atoms with E-state index < -0.39 is 9.84 Å². The van der Waals surface area contributed by atoms with Gasteiger partial charge in [-0.3, -0.25) is 0 Å². The number of hydrogen-bond acceptors (Lipinski definition) is 4. The molecular weight excluding hydrogens is 262 g/mol. The van der Waals surface area contributed by atoms with Gasteiger partial charge in [-0.25, -0.2) is 13.4 Å². The van der Waals surface area contributed by atoms with E-state index in [2.05, 4.69) is 4.98 Å². The summed E-state index contributed by atoms with van der Waals surface area (Å²) in [6.07, 6.45) is 2.78. The molecule has 1 unspecified atom stereocenters. The van der Waals surface area contributed by atoms with Crippen molar-refractivity contribution in [1.29, 1.82) is 0 Å². The number of hydrogen-bond donors (Lipinski definition) is 1.